The maximum absolute atomic E-state index is 12.2. The molecule has 1 aliphatic rings. The summed E-state index contributed by atoms with van der Waals surface area (Å²) < 4.78 is 45.9. The van der Waals surface area contributed by atoms with Gasteiger partial charge in [0.05, 0.1) is 0 Å². The first-order chi connectivity index (χ1) is 10.3. The number of ether oxygens (including phenoxy) is 2. The maximum Gasteiger partial charge on any atom is 0.422 e. The summed E-state index contributed by atoms with van der Waals surface area (Å²) in [6.07, 6.45) is -3.54. The van der Waals surface area contributed by atoms with Crippen molar-refractivity contribution in [2.45, 2.75) is 24.6 Å². The van der Waals surface area contributed by atoms with Crippen molar-refractivity contribution in [1.82, 2.24) is 0 Å². The summed E-state index contributed by atoms with van der Waals surface area (Å²) >= 11 is 0. The fourth-order valence-corrected chi connectivity index (χ4v) is 2.02. The zero-order valence-electron chi connectivity index (χ0n) is 12.2. The first kappa shape index (κ1) is 19.5. The molecule has 1 fully saturated rings. The first-order valence-corrected chi connectivity index (χ1v) is 6.76. The van der Waals surface area contributed by atoms with Crippen LogP contribution in [-0.4, -0.2) is 37.4 Å². The third kappa shape index (κ3) is 5.89. The predicted molar refractivity (Wildman–Crippen MR) is 80.8 cm³/mol. The summed E-state index contributed by atoms with van der Waals surface area (Å²) in [7, 11) is 0. The zero-order valence-corrected chi connectivity index (χ0v) is 13.0. The number of alkyl halides is 3. The molecular formula is C14H18ClF3N2O3. The van der Waals surface area contributed by atoms with Gasteiger partial charge in [0, 0.05) is 18.9 Å². The number of benzene rings is 1. The van der Waals surface area contributed by atoms with Crippen molar-refractivity contribution in [3.8, 4) is 5.75 Å². The molecule has 2 rings (SSSR count). The Kier molecular flexibility index (Phi) is 6.67. The lowest BCUT2D eigenvalue weighted by atomic mass is 9.90. The lowest BCUT2D eigenvalue weighted by Gasteiger charge is -2.31. The second kappa shape index (κ2) is 7.85. The molecule has 0 aliphatic carbocycles. The van der Waals surface area contributed by atoms with E-state index in [0.717, 1.165) is 0 Å². The Bertz CT molecular complexity index is 517. The van der Waals surface area contributed by atoms with E-state index in [0.29, 0.717) is 31.7 Å². The molecular weight excluding hydrogens is 337 g/mol. The highest BCUT2D eigenvalue weighted by Gasteiger charge is 2.35. The molecule has 1 heterocycles. The molecule has 1 aliphatic heterocycles. The molecule has 1 saturated heterocycles. The fourth-order valence-electron chi connectivity index (χ4n) is 2.02. The molecule has 0 saturated carbocycles. The van der Waals surface area contributed by atoms with Gasteiger partial charge in [-0.3, -0.25) is 4.79 Å². The van der Waals surface area contributed by atoms with Crippen molar-refractivity contribution in [2.75, 3.05) is 25.1 Å². The number of hydrogen-bond donors (Lipinski definition) is 2. The van der Waals surface area contributed by atoms with Crippen LogP contribution in [0.1, 0.15) is 12.8 Å². The van der Waals surface area contributed by atoms with Crippen LogP contribution in [0.4, 0.5) is 18.9 Å². The van der Waals surface area contributed by atoms with Gasteiger partial charge in [-0.15, -0.1) is 12.4 Å². The highest BCUT2D eigenvalue weighted by atomic mass is 35.5. The normalized spacial score (nSPS) is 17.0. The highest BCUT2D eigenvalue weighted by molar-refractivity contribution is 5.98. The molecule has 0 bridgehead atoms. The van der Waals surface area contributed by atoms with Gasteiger partial charge in [0.2, 0.25) is 5.91 Å². The van der Waals surface area contributed by atoms with Crippen LogP contribution >= 0.6 is 12.4 Å². The molecule has 0 radical (unpaired) electrons. The number of halogens is 4. The second-order valence-corrected chi connectivity index (χ2v) is 5.15. The maximum atomic E-state index is 12.2. The van der Waals surface area contributed by atoms with Crippen LogP contribution in [0.25, 0.3) is 0 Å². The predicted octanol–water partition coefficient (Wildman–Crippen LogP) is 2.50. The molecule has 1 amide bonds. The van der Waals surface area contributed by atoms with E-state index in [1.165, 1.54) is 24.3 Å². The molecule has 130 valence electrons. The minimum atomic E-state index is -4.39. The van der Waals surface area contributed by atoms with Gasteiger partial charge in [-0.25, -0.2) is 0 Å². The largest absolute Gasteiger partial charge is 0.484 e. The third-order valence-electron chi connectivity index (χ3n) is 3.35. The van der Waals surface area contributed by atoms with E-state index in [2.05, 4.69) is 10.1 Å². The number of hydrogen-bond acceptors (Lipinski definition) is 4. The number of amides is 1. The summed E-state index contributed by atoms with van der Waals surface area (Å²) in [6.45, 7) is -0.507. The van der Waals surface area contributed by atoms with Gasteiger partial charge in [0.1, 0.15) is 11.3 Å². The van der Waals surface area contributed by atoms with Crippen LogP contribution in [0.15, 0.2) is 24.3 Å². The Morgan fingerprint density at radius 1 is 1.26 bits per heavy atom. The van der Waals surface area contributed by atoms with Crippen LogP contribution in [0.2, 0.25) is 0 Å². The zero-order chi connectivity index (χ0) is 16.2. The van der Waals surface area contributed by atoms with Crippen molar-refractivity contribution in [1.29, 1.82) is 0 Å². The molecule has 0 atom stereocenters. The topological polar surface area (TPSA) is 73.6 Å². The Balaban J connectivity index is 0.00000264. The number of anilines is 1. The molecule has 1 aromatic carbocycles. The van der Waals surface area contributed by atoms with Gasteiger partial charge < -0.3 is 20.5 Å². The van der Waals surface area contributed by atoms with E-state index in [4.69, 9.17) is 10.5 Å². The van der Waals surface area contributed by atoms with E-state index in [1.807, 2.05) is 0 Å². The fraction of sp³-hybridized carbons (Fsp3) is 0.500. The summed E-state index contributed by atoms with van der Waals surface area (Å²) in [4.78, 5) is 12.2. The van der Waals surface area contributed by atoms with Crippen LogP contribution in [0, 0.1) is 0 Å². The van der Waals surface area contributed by atoms with E-state index in [1.54, 1.807) is 0 Å². The molecule has 1 aromatic rings. The average molecular weight is 355 g/mol. The van der Waals surface area contributed by atoms with Crippen molar-refractivity contribution in [3.63, 3.8) is 0 Å². The smallest absolute Gasteiger partial charge is 0.422 e. The Hall–Kier alpha value is -1.51. The average Bonchev–Trinajstić information content (AvgIpc) is 2.46. The molecule has 23 heavy (non-hydrogen) atoms. The third-order valence-corrected chi connectivity index (χ3v) is 3.35. The minimum Gasteiger partial charge on any atom is -0.484 e. The van der Waals surface area contributed by atoms with E-state index < -0.39 is 18.3 Å². The number of nitrogens with one attached hydrogen (secondary N) is 1. The van der Waals surface area contributed by atoms with Gasteiger partial charge in [0.15, 0.2) is 6.61 Å². The van der Waals surface area contributed by atoms with E-state index >= 15 is 0 Å². The summed E-state index contributed by atoms with van der Waals surface area (Å²) in [5, 5.41) is 2.65. The van der Waals surface area contributed by atoms with Crippen LogP contribution < -0.4 is 15.8 Å². The molecule has 0 unspecified atom stereocenters. The van der Waals surface area contributed by atoms with Crippen LogP contribution in [0.5, 0.6) is 5.75 Å². The second-order valence-electron chi connectivity index (χ2n) is 5.15. The SMILES string of the molecule is Cl.NC1(C(=O)Nc2ccc(OCC(F)(F)F)cc2)CCOCC1. The standard InChI is InChI=1S/C14H17F3N2O3.ClH/c15-14(16,17)9-22-11-3-1-10(2-4-11)19-12(20)13(18)5-7-21-8-6-13;/h1-4H,5-9,18H2,(H,19,20);1H. The Morgan fingerprint density at radius 3 is 2.35 bits per heavy atom. The quantitative estimate of drug-likeness (QED) is 0.871. The van der Waals surface area contributed by atoms with Crippen molar-refractivity contribution in [3.05, 3.63) is 24.3 Å². The monoisotopic (exact) mass is 354 g/mol. The highest BCUT2D eigenvalue weighted by Crippen LogP contribution is 2.23. The number of carbonyl (C=O) groups is 1. The van der Waals surface area contributed by atoms with Gasteiger partial charge in [-0.2, -0.15) is 13.2 Å². The van der Waals surface area contributed by atoms with Gasteiger partial charge >= 0.3 is 6.18 Å². The molecule has 0 spiro atoms. The Morgan fingerprint density at radius 2 is 1.83 bits per heavy atom. The lowest BCUT2D eigenvalue weighted by Crippen LogP contribution is -2.54. The van der Waals surface area contributed by atoms with Crippen molar-refractivity contribution in [2.24, 2.45) is 5.73 Å². The number of carbonyl (C=O) groups excluding carboxylic acids is 1. The van der Waals surface area contributed by atoms with E-state index in [-0.39, 0.29) is 24.1 Å². The molecule has 0 aromatic heterocycles. The minimum absolute atomic E-state index is 0. The molecule has 5 nitrogen and oxygen atoms in total. The van der Waals surface area contributed by atoms with Crippen molar-refractivity contribution < 1.29 is 27.4 Å². The van der Waals surface area contributed by atoms with Gasteiger partial charge in [-0.1, -0.05) is 0 Å². The van der Waals surface area contributed by atoms with Crippen LogP contribution in [0.3, 0.4) is 0 Å². The molecule has 9 heteroatoms. The first-order valence-electron chi connectivity index (χ1n) is 6.76. The number of nitrogens with two attached hydrogens (primary N) is 1. The number of rotatable bonds is 4. The van der Waals surface area contributed by atoms with Crippen LogP contribution in [-0.2, 0) is 9.53 Å². The lowest BCUT2D eigenvalue weighted by molar-refractivity contribution is -0.153. The van der Waals surface area contributed by atoms with Gasteiger partial charge in [-0.05, 0) is 37.1 Å². The molecule has 3 N–H and O–H groups in total. The Labute approximate surface area is 137 Å². The van der Waals surface area contributed by atoms with E-state index in [9.17, 15) is 18.0 Å². The van der Waals surface area contributed by atoms with Gasteiger partial charge in [0.25, 0.3) is 0 Å². The summed E-state index contributed by atoms with van der Waals surface area (Å²) in [5.74, 6) is -0.261. The van der Waals surface area contributed by atoms with Crippen molar-refractivity contribution >= 4 is 24.0 Å². The summed E-state index contributed by atoms with van der Waals surface area (Å²) in [6, 6.07) is 5.64. The summed E-state index contributed by atoms with van der Waals surface area (Å²) in [5.41, 5.74) is 5.50.